The topological polar surface area (TPSA) is 35.9 Å². The Morgan fingerprint density at radius 2 is 1.38 bits per heavy atom. The summed E-state index contributed by atoms with van der Waals surface area (Å²) in [6.45, 7) is 11.6. The molecule has 0 radical (unpaired) electrons. The van der Waals surface area contributed by atoms with Crippen LogP contribution in [0.5, 0.6) is 11.5 Å². The van der Waals surface area contributed by atoms with E-state index in [1.165, 1.54) is 85.9 Å². The molecule has 0 saturated carbocycles. The first-order valence-corrected chi connectivity index (χ1v) is 36.3. The maximum Gasteiger partial charge on any atom is 0.119 e. The van der Waals surface area contributed by atoms with E-state index in [1.54, 1.807) is 22.3 Å². The van der Waals surface area contributed by atoms with Gasteiger partial charge in [-0.3, -0.25) is 0 Å². The molecule has 5 nitrogen and oxygen atoms in total. The second kappa shape index (κ2) is 30.0. The molecular weight excluding hydrogens is 1160 g/mol. The molecule has 0 N–H and O–H groups in total. The van der Waals surface area contributed by atoms with Gasteiger partial charge in [-0.25, -0.2) is 0 Å². The van der Waals surface area contributed by atoms with Crippen molar-refractivity contribution in [2.75, 3.05) is 13.2 Å². The quantitative estimate of drug-likeness (QED) is 0.0380. The van der Waals surface area contributed by atoms with Crippen LogP contribution in [0.3, 0.4) is 0 Å². The number of hydrogen-bond acceptors (Lipinski definition) is 4. The second-order valence-corrected chi connectivity index (χ2v) is 27.5. The average molecular weight is 1250 g/mol. The van der Waals surface area contributed by atoms with Crippen LogP contribution in [0.2, 0.25) is 0 Å². The fourth-order valence-corrected chi connectivity index (χ4v) is 16.7. The van der Waals surface area contributed by atoms with Crippen LogP contribution in [0.4, 0.5) is 0 Å². The second-order valence-electron chi connectivity index (χ2n) is 27.5. The van der Waals surface area contributed by atoms with Crippen molar-refractivity contribution < 1.29 is 14.2 Å². The van der Waals surface area contributed by atoms with E-state index in [4.69, 9.17) is 14.2 Å². The fourth-order valence-electron chi connectivity index (χ4n) is 16.7. The van der Waals surface area contributed by atoms with Crippen LogP contribution >= 0.6 is 0 Å². The third kappa shape index (κ3) is 13.9. The van der Waals surface area contributed by atoms with Gasteiger partial charge in [-0.15, -0.1) is 0 Å². The van der Waals surface area contributed by atoms with Crippen LogP contribution in [0.15, 0.2) is 277 Å². The molecule has 0 spiro atoms. The lowest BCUT2D eigenvalue weighted by atomic mass is 9.64. The van der Waals surface area contributed by atoms with Crippen molar-refractivity contribution in [2.45, 2.75) is 166 Å². The molecule has 14 rings (SSSR count). The molecule has 8 aliphatic rings. The number of rotatable bonds is 27. The lowest BCUT2D eigenvalue weighted by molar-refractivity contribution is 0.00593. The molecule has 8 aliphatic carbocycles. The Kier molecular flexibility index (Phi) is 20.1. The molecule has 0 aliphatic heterocycles. The summed E-state index contributed by atoms with van der Waals surface area (Å²) >= 11 is 0. The van der Waals surface area contributed by atoms with Gasteiger partial charge < -0.3 is 23.7 Å². The van der Waals surface area contributed by atoms with Crippen molar-refractivity contribution in [3.63, 3.8) is 0 Å². The predicted octanol–water partition coefficient (Wildman–Crippen LogP) is 23.6. The van der Waals surface area contributed by atoms with E-state index in [2.05, 4.69) is 224 Å². The summed E-state index contributed by atoms with van der Waals surface area (Å²) in [6.07, 6.45) is 68.7. The van der Waals surface area contributed by atoms with E-state index in [0.717, 1.165) is 145 Å². The van der Waals surface area contributed by atoms with Crippen LogP contribution in [0, 0.1) is 11.3 Å². The number of ether oxygens (including phenoxy) is 3. The molecule has 95 heavy (non-hydrogen) atoms. The van der Waals surface area contributed by atoms with Crippen molar-refractivity contribution in [1.29, 1.82) is 0 Å². The normalized spacial score (nSPS) is 22.4. The summed E-state index contributed by atoms with van der Waals surface area (Å²) in [5.74, 6) is 2.68. The minimum absolute atomic E-state index is 0.121. The first-order chi connectivity index (χ1) is 46.9. The van der Waals surface area contributed by atoms with Crippen molar-refractivity contribution in [3.8, 4) is 17.2 Å². The van der Waals surface area contributed by atoms with Crippen molar-refractivity contribution in [1.82, 2.24) is 9.47 Å². The number of hydrogen-bond donors (Lipinski definition) is 0. The zero-order valence-electron chi connectivity index (χ0n) is 56.1. The Morgan fingerprint density at radius 1 is 0.632 bits per heavy atom. The van der Waals surface area contributed by atoms with Crippen LogP contribution in [0.1, 0.15) is 170 Å². The Bertz CT molecular complexity index is 4210. The van der Waals surface area contributed by atoms with E-state index in [0.29, 0.717) is 18.4 Å². The van der Waals surface area contributed by atoms with Crippen LogP contribution in [-0.2, 0) is 4.74 Å². The third-order valence-electron chi connectivity index (χ3n) is 21.7. The Balaban J connectivity index is 0.744. The van der Waals surface area contributed by atoms with Gasteiger partial charge in [0.05, 0.1) is 42.5 Å². The Labute approximate surface area is 566 Å². The van der Waals surface area contributed by atoms with E-state index < -0.39 is 0 Å². The molecule has 6 atom stereocenters. The third-order valence-corrected chi connectivity index (χ3v) is 21.7. The van der Waals surface area contributed by atoms with Gasteiger partial charge in [0, 0.05) is 45.1 Å². The first-order valence-electron chi connectivity index (χ1n) is 36.3. The van der Waals surface area contributed by atoms with Gasteiger partial charge in [0.2, 0.25) is 0 Å². The number of aromatic nitrogens is 1. The smallest absolute Gasteiger partial charge is 0.119 e. The van der Waals surface area contributed by atoms with Gasteiger partial charge in [-0.2, -0.15) is 0 Å². The maximum atomic E-state index is 6.78. The largest absolute Gasteiger partial charge is 0.494 e. The summed E-state index contributed by atoms with van der Waals surface area (Å²) in [5.41, 5.74) is 21.8. The minimum Gasteiger partial charge on any atom is -0.494 e. The van der Waals surface area contributed by atoms with E-state index in [9.17, 15) is 0 Å². The Hall–Kier alpha value is -8.64. The van der Waals surface area contributed by atoms with Crippen LogP contribution < -0.4 is 9.47 Å². The first kappa shape index (κ1) is 63.7. The molecule has 0 bridgehead atoms. The molecule has 1 aromatic heterocycles. The van der Waals surface area contributed by atoms with E-state index in [-0.39, 0.29) is 23.7 Å². The molecule has 484 valence electrons. The highest BCUT2D eigenvalue weighted by Gasteiger charge is 2.52. The Morgan fingerprint density at radius 3 is 2.05 bits per heavy atom. The van der Waals surface area contributed by atoms with Gasteiger partial charge in [-0.1, -0.05) is 202 Å². The van der Waals surface area contributed by atoms with Crippen molar-refractivity contribution in [3.05, 3.63) is 299 Å². The fraction of sp³-hybridized carbons (Fsp3) is 0.333. The van der Waals surface area contributed by atoms with Crippen molar-refractivity contribution in [2.24, 2.45) is 11.3 Å². The number of allylic oxidation sites excluding steroid dienone is 23. The monoisotopic (exact) mass is 1250 g/mol. The highest BCUT2D eigenvalue weighted by atomic mass is 16.5. The molecule has 1 heterocycles. The van der Waals surface area contributed by atoms with E-state index >= 15 is 0 Å². The molecule has 6 aromatic rings. The standard InChI is InChI=1S/C90H96N2O3/c1-4-65-33-50-79(51-34-65)93-60-22-7-8-23-61-94-80-54-47-76(48-55-80)92-88-57-41-71(68-26-14-10-15-27-68)62-84(88)85-63-72(42-58-89(85)92)70-39-45-75(46-40-70)91(74-43-37-69(38-44-74)67-24-12-9-13-25-67)77-49-56-83-82-31-18-19-32-86(82)90(87(83)64-77,73-28-16-11-17-29-73)59-21-20-30-78(6-3)95-81-52-35-66(5-2)36-53-81/h4-5,9,12-14,16,19,24-29,32-37,39,41-45,47-48,50-52,54-55,57-58,62-64,69,77-78,81,83H,1-2,6-8,10-11,15,17-18,20-23,30-31,38,40,46,49,53,56,59-61H2,3H3. The highest BCUT2D eigenvalue weighted by Crippen LogP contribution is 2.63. The lowest BCUT2D eigenvalue weighted by Gasteiger charge is -2.44. The predicted molar refractivity (Wildman–Crippen MR) is 400 cm³/mol. The molecule has 6 unspecified atom stereocenters. The van der Waals surface area contributed by atoms with Gasteiger partial charge >= 0.3 is 0 Å². The summed E-state index contributed by atoms with van der Waals surface area (Å²) in [4.78, 5) is 2.81. The SMILES string of the molecule is C=CC1=CCC(OC(CC)CCCCC2(C3=CCCC=C3)C3=CC(N(C4=CCC(c5ccccc5)C=C4)C4=CC=C(c5ccc6c(c5)c5cc(C7=CCCC=C7)ccc5n6-c5ccc(OCCCCCCOc6ccc(C=C)cc6)cc5)CC4)CCC3C3=C2C=CCC3)C=C1. The van der Waals surface area contributed by atoms with Crippen LogP contribution in [0.25, 0.3) is 44.7 Å². The maximum absolute atomic E-state index is 6.78. The van der Waals surface area contributed by atoms with Gasteiger partial charge in [-0.05, 0) is 245 Å². The molecule has 5 aromatic carbocycles. The summed E-state index contributed by atoms with van der Waals surface area (Å²) < 4.78 is 21.6. The molecule has 5 heteroatoms. The van der Waals surface area contributed by atoms with Crippen molar-refractivity contribution >= 4 is 39.0 Å². The zero-order chi connectivity index (χ0) is 64.3. The van der Waals surface area contributed by atoms with E-state index in [1.807, 2.05) is 36.4 Å². The minimum atomic E-state index is -0.121. The number of unbranched alkanes of at least 4 members (excludes halogenated alkanes) is 4. The molecule has 0 amide bonds. The highest BCUT2D eigenvalue weighted by molar-refractivity contribution is 6.11. The molecule has 0 fully saturated rings. The summed E-state index contributed by atoms with van der Waals surface area (Å²) in [7, 11) is 0. The van der Waals surface area contributed by atoms with Gasteiger partial charge in [0.15, 0.2) is 0 Å². The summed E-state index contributed by atoms with van der Waals surface area (Å²) in [6, 6.07) is 42.6. The average Bonchev–Trinajstić information content (AvgIpc) is 1.61. The van der Waals surface area contributed by atoms with Gasteiger partial charge in [0.1, 0.15) is 11.5 Å². The van der Waals surface area contributed by atoms with Gasteiger partial charge in [0.25, 0.3) is 0 Å². The number of fused-ring (bicyclic) bond motifs is 5. The number of benzene rings is 5. The number of nitrogens with zero attached hydrogens (tertiary/aromatic N) is 2. The zero-order valence-corrected chi connectivity index (χ0v) is 56.1. The lowest BCUT2D eigenvalue weighted by Crippen LogP contribution is -2.38. The molecular formula is C90H96N2O3. The molecule has 0 saturated heterocycles. The van der Waals surface area contributed by atoms with Crippen LogP contribution in [-0.4, -0.2) is 40.9 Å². The summed E-state index contributed by atoms with van der Waals surface area (Å²) in [5, 5.41) is 2.57.